The lowest BCUT2D eigenvalue weighted by Crippen LogP contribution is -2.46. The van der Waals surface area contributed by atoms with E-state index in [0.29, 0.717) is 6.04 Å². The minimum Gasteiger partial charge on any atom is -0.330 e. The van der Waals surface area contributed by atoms with Crippen molar-refractivity contribution in [2.75, 3.05) is 33.7 Å². The highest BCUT2D eigenvalue weighted by Crippen LogP contribution is 2.28. The molecule has 2 atom stereocenters. The Morgan fingerprint density at radius 1 is 1.50 bits per heavy atom. The summed E-state index contributed by atoms with van der Waals surface area (Å²) >= 11 is 0. The van der Waals surface area contributed by atoms with Gasteiger partial charge in [0.2, 0.25) is 0 Å². The van der Waals surface area contributed by atoms with Gasteiger partial charge in [0.15, 0.2) is 0 Å². The third-order valence-electron chi connectivity index (χ3n) is 3.93. The first-order chi connectivity index (χ1) is 7.48. The van der Waals surface area contributed by atoms with Gasteiger partial charge in [-0.2, -0.15) is 0 Å². The van der Waals surface area contributed by atoms with E-state index in [2.05, 4.69) is 38.2 Å². The van der Waals surface area contributed by atoms with Gasteiger partial charge in [0, 0.05) is 12.6 Å². The smallest absolute Gasteiger partial charge is 0.0110 e. The lowest BCUT2D eigenvalue weighted by atomic mass is 9.79. The van der Waals surface area contributed by atoms with Gasteiger partial charge in [-0.25, -0.2) is 0 Å². The van der Waals surface area contributed by atoms with Gasteiger partial charge < -0.3 is 16.0 Å². The Balaban J connectivity index is 2.52. The Labute approximate surface area is 101 Å². The van der Waals surface area contributed by atoms with Crippen molar-refractivity contribution >= 4 is 0 Å². The Morgan fingerprint density at radius 3 is 2.69 bits per heavy atom. The van der Waals surface area contributed by atoms with Gasteiger partial charge >= 0.3 is 0 Å². The van der Waals surface area contributed by atoms with Gasteiger partial charge in [0.1, 0.15) is 0 Å². The minimum atomic E-state index is 0.254. The lowest BCUT2D eigenvalue weighted by Gasteiger charge is -2.38. The molecule has 1 aliphatic rings. The normalized spacial score (nSPS) is 25.7. The molecule has 3 N–H and O–H groups in total. The van der Waals surface area contributed by atoms with Crippen LogP contribution in [0.25, 0.3) is 0 Å². The molecule has 2 unspecified atom stereocenters. The Hall–Kier alpha value is -0.120. The predicted octanol–water partition coefficient (Wildman–Crippen LogP) is 1.29. The standard InChI is InChI=1S/C13H29N3/c1-13(2,10-14)8-12(15-3)11-6-5-7-16(4)9-11/h11-12,15H,5-10,14H2,1-4H3. The number of nitrogens with one attached hydrogen (secondary N) is 1. The van der Waals surface area contributed by atoms with Crippen LogP contribution in [-0.4, -0.2) is 44.7 Å². The average Bonchev–Trinajstić information content (AvgIpc) is 2.26. The molecule has 1 heterocycles. The first kappa shape index (κ1) is 13.9. The summed E-state index contributed by atoms with van der Waals surface area (Å²) < 4.78 is 0. The largest absolute Gasteiger partial charge is 0.330 e. The zero-order valence-electron chi connectivity index (χ0n) is 11.4. The van der Waals surface area contributed by atoms with E-state index in [1.807, 2.05) is 0 Å². The predicted molar refractivity (Wildman–Crippen MR) is 70.5 cm³/mol. The number of likely N-dealkylation sites (tertiary alicyclic amines) is 1. The highest BCUT2D eigenvalue weighted by Gasteiger charge is 2.29. The van der Waals surface area contributed by atoms with Gasteiger partial charge in [0.25, 0.3) is 0 Å². The third kappa shape index (κ3) is 4.04. The molecule has 0 aromatic heterocycles. The van der Waals surface area contributed by atoms with E-state index >= 15 is 0 Å². The fourth-order valence-corrected chi connectivity index (χ4v) is 2.72. The van der Waals surface area contributed by atoms with Crippen molar-refractivity contribution in [2.24, 2.45) is 17.1 Å². The SMILES string of the molecule is CNC(CC(C)(C)CN)C1CCCN(C)C1. The van der Waals surface area contributed by atoms with E-state index in [0.717, 1.165) is 12.5 Å². The lowest BCUT2D eigenvalue weighted by molar-refractivity contribution is 0.149. The van der Waals surface area contributed by atoms with Crippen molar-refractivity contribution in [3.8, 4) is 0 Å². The fraction of sp³-hybridized carbons (Fsp3) is 1.00. The number of rotatable bonds is 5. The zero-order chi connectivity index (χ0) is 12.2. The summed E-state index contributed by atoms with van der Waals surface area (Å²) in [5.74, 6) is 0.787. The minimum absolute atomic E-state index is 0.254. The van der Waals surface area contributed by atoms with Crippen LogP contribution in [0, 0.1) is 11.3 Å². The van der Waals surface area contributed by atoms with Crippen molar-refractivity contribution in [3.05, 3.63) is 0 Å². The maximum absolute atomic E-state index is 5.83. The molecule has 0 saturated carbocycles. The molecule has 0 aromatic carbocycles. The first-order valence-electron chi connectivity index (χ1n) is 6.54. The molecule has 3 heteroatoms. The topological polar surface area (TPSA) is 41.3 Å². The van der Waals surface area contributed by atoms with E-state index in [4.69, 9.17) is 5.73 Å². The van der Waals surface area contributed by atoms with E-state index in [1.165, 1.54) is 32.4 Å². The number of hydrogen-bond donors (Lipinski definition) is 2. The Morgan fingerprint density at radius 2 is 2.19 bits per heavy atom. The Bertz CT molecular complexity index is 203. The molecular weight excluding hydrogens is 198 g/mol. The van der Waals surface area contributed by atoms with E-state index in [1.54, 1.807) is 0 Å². The van der Waals surface area contributed by atoms with Crippen molar-refractivity contribution in [2.45, 2.75) is 39.2 Å². The molecule has 3 nitrogen and oxygen atoms in total. The van der Waals surface area contributed by atoms with Crippen LogP contribution in [0.2, 0.25) is 0 Å². The third-order valence-corrected chi connectivity index (χ3v) is 3.93. The second-order valence-corrected chi connectivity index (χ2v) is 6.13. The van der Waals surface area contributed by atoms with Crippen molar-refractivity contribution < 1.29 is 0 Å². The van der Waals surface area contributed by atoms with Crippen LogP contribution in [0.15, 0.2) is 0 Å². The second kappa shape index (κ2) is 5.99. The molecule has 1 aliphatic heterocycles. The van der Waals surface area contributed by atoms with Gasteiger partial charge in [-0.05, 0) is 57.8 Å². The van der Waals surface area contributed by atoms with Gasteiger partial charge in [-0.15, -0.1) is 0 Å². The number of nitrogens with zero attached hydrogens (tertiary/aromatic N) is 1. The molecule has 0 bridgehead atoms. The quantitative estimate of drug-likeness (QED) is 0.744. The van der Waals surface area contributed by atoms with E-state index < -0.39 is 0 Å². The average molecular weight is 227 g/mol. The van der Waals surface area contributed by atoms with Crippen LogP contribution in [0.1, 0.15) is 33.1 Å². The summed E-state index contributed by atoms with van der Waals surface area (Å²) in [6.45, 7) is 7.79. The van der Waals surface area contributed by atoms with Gasteiger partial charge in [-0.1, -0.05) is 13.8 Å². The monoisotopic (exact) mass is 227 g/mol. The van der Waals surface area contributed by atoms with Crippen LogP contribution in [0.5, 0.6) is 0 Å². The van der Waals surface area contributed by atoms with Crippen LogP contribution in [0.3, 0.4) is 0 Å². The molecule has 0 aromatic rings. The van der Waals surface area contributed by atoms with Crippen LogP contribution >= 0.6 is 0 Å². The summed E-state index contributed by atoms with van der Waals surface area (Å²) in [6.07, 6.45) is 3.87. The summed E-state index contributed by atoms with van der Waals surface area (Å²) in [7, 11) is 4.32. The second-order valence-electron chi connectivity index (χ2n) is 6.13. The number of hydrogen-bond acceptors (Lipinski definition) is 3. The molecule has 0 spiro atoms. The zero-order valence-corrected chi connectivity index (χ0v) is 11.4. The summed E-state index contributed by atoms with van der Waals surface area (Å²) in [6, 6.07) is 0.612. The van der Waals surface area contributed by atoms with Gasteiger partial charge in [-0.3, -0.25) is 0 Å². The highest BCUT2D eigenvalue weighted by molar-refractivity contribution is 4.86. The molecule has 96 valence electrons. The number of nitrogens with two attached hydrogens (primary N) is 1. The van der Waals surface area contributed by atoms with Crippen LogP contribution in [0.4, 0.5) is 0 Å². The molecule has 1 fully saturated rings. The van der Waals surface area contributed by atoms with Crippen molar-refractivity contribution in [1.82, 2.24) is 10.2 Å². The van der Waals surface area contributed by atoms with Gasteiger partial charge in [0.05, 0.1) is 0 Å². The summed E-state index contributed by atoms with van der Waals surface area (Å²) in [5, 5.41) is 3.50. The molecule has 1 saturated heterocycles. The molecule has 1 rings (SSSR count). The summed E-state index contributed by atoms with van der Waals surface area (Å²) in [4.78, 5) is 2.45. The molecule has 16 heavy (non-hydrogen) atoms. The fourth-order valence-electron chi connectivity index (χ4n) is 2.72. The molecule has 0 amide bonds. The Kier molecular flexibility index (Phi) is 5.22. The molecular formula is C13H29N3. The van der Waals surface area contributed by atoms with Crippen LogP contribution in [-0.2, 0) is 0 Å². The maximum atomic E-state index is 5.83. The van der Waals surface area contributed by atoms with Crippen LogP contribution < -0.4 is 11.1 Å². The molecule has 0 radical (unpaired) electrons. The maximum Gasteiger partial charge on any atom is 0.0110 e. The number of piperidine rings is 1. The van der Waals surface area contributed by atoms with Crippen molar-refractivity contribution in [1.29, 1.82) is 0 Å². The van der Waals surface area contributed by atoms with E-state index in [9.17, 15) is 0 Å². The highest BCUT2D eigenvalue weighted by atomic mass is 15.1. The first-order valence-corrected chi connectivity index (χ1v) is 6.54. The molecule has 0 aliphatic carbocycles. The van der Waals surface area contributed by atoms with E-state index in [-0.39, 0.29) is 5.41 Å². The van der Waals surface area contributed by atoms with Crippen molar-refractivity contribution in [3.63, 3.8) is 0 Å². The summed E-state index contributed by atoms with van der Waals surface area (Å²) in [5.41, 5.74) is 6.08.